The van der Waals surface area contributed by atoms with Crippen molar-refractivity contribution in [2.24, 2.45) is 0 Å². The van der Waals surface area contributed by atoms with Gasteiger partial charge in [-0.25, -0.2) is 4.98 Å². The van der Waals surface area contributed by atoms with Crippen molar-refractivity contribution in [2.75, 3.05) is 18.2 Å². The number of carbonyl (C=O) groups is 1. The van der Waals surface area contributed by atoms with E-state index in [-0.39, 0.29) is 22.6 Å². The average Bonchev–Trinajstić information content (AvgIpc) is 2.83. The number of hydrogen-bond donors (Lipinski definition) is 1. The summed E-state index contributed by atoms with van der Waals surface area (Å²) in [5, 5.41) is 3.98. The Hall–Kier alpha value is -3.58. The van der Waals surface area contributed by atoms with Gasteiger partial charge in [0.2, 0.25) is 5.91 Å². The highest BCUT2D eigenvalue weighted by molar-refractivity contribution is 7.99. The third-order valence-corrected chi connectivity index (χ3v) is 6.95. The fourth-order valence-corrected chi connectivity index (χ4v) is 4.87. The molecule has 36 heavy (non-hydrogen) atoms. The molecule has 0 saturated heterocycles. The van der Waals surface area contributed by atoms with Crippen LogP contribution in [0, 0.1) is 13.8 Å². The summed E-state index contributed by atoms with van der Waals surface area (Å²) in [5.74, 6) is 0.467. The van der Waals surface area contributed by atoms with Crippen LogP contribution in [0.3, 0.4) is 0 Å². The molecule has 0 aliphatic carbocycles. The average molecular weight is 502 g/mol. The van der Waals surface area contributed by atoms with Crippen LogP contribution < -0.4 is 15.6 Å². The van der Waals surface area contributed by atoms with E-state index in [1.54, 1.807) is 17.7 Å². The van der Waals surface area contributed by atoms with Crippen molar-refractivity contribution in [1.82, 2.24) is 9.55 Å². The maximum absolute atomic E-state index is 13.5. The molecule has 4 aromatic rings. The Morgan fingerprint density at radius 2 is 1.81 bits per heavy atom. The Morgan fingerprint density at radius 1 is 1.06 bits per heavy atom. The van der Waals surface area contributed by atoms with Crippen LogP contribution in [0.1, 0.15) is 37.5 Å². The van der Waals surface area contributed by atoms with Crippen molar-refractivity contribution in [3.8, 4) is 11.4 Å². The van der Waals surface area contributed by atoms with Gasteiger partial charge in [-0.2, -0.15) is 0 Å². The Bertz CT molecular complexity index is 1500. The van der Waals surface area contributed by atoms with Crippen molar-refractivity contribution < 1.29 is 9.53 Å². The number of amides is 1. The van der Waals surface area contributed by atoms with E-state index in [9.17, 15) is 9.59 Å². The van der Waals surface area contributed by atoms with Crippen LogP contribution in [-0.2, 0) is 10.2 Å². The fraction of sp³-hybridized carbons (Fsp3) is 0.276. The number of anilines is 1. The van der Waals surface area contributed by atoms with E-state index in [0.717, 1.165) is 22.4 Å². The van der Waals surface area contributed by atoms with Crippen LogP contribution in [0.25, 0.3) is 16.6 Å². The summed E-state index contributed by atoms with van der Waals surface area (Å²) >= 11 is 1.23. The molecule has 0 spiro atoms. The van der Waals surface area contributed by atoms with E-state index in [4.69, 9.17) is 9.72 Å². The first-order valence-corrected chi connectivity index (χ1v) is 12.8. The molecule has 1 N–H and O–H groups in total. The second-order valence-electron chi connectivity index (χ2n) is 9.84. The maximum Gasteiger partial charge on any atom is 0.266 e. The molecule has 0 atom stereocenters. The number of aromatic nitrogens is 2. The summed E-state index contributed by atoms with van der Waals surface area (Å²) in [7, 11) is 1.58. The van der Waals surface area contributed by atoms with Gasteiger partial charge in [-0.1, -0.05) is 68.4 Å². The van der Waals surface area contributed by atoms with Gasteiger partial charge in [0.1, 0.15) is 5.75 Å². The van der Waals surface area contributed by atoms with Gasteiger partial charge in [0.25, 0.3) is 5.56 Å². The van der Waals surface area contributed by atoms with Gasteiger partial charge in [-0.15, -0.1) is 0 Å². The number of benzene rings is 3. The van der Waals surface area contributed by atoms with Gasteiger partial charge in [0, 0.05) is 0 Å². The van der Waals surface area contributed by atoms with Crippen molar-refractivity contribution in [3.05, 3.63) is 87.7 Å². The van der Waals surface area contributed by atoms with E-state index < -0.39 is 0 Å². The molecule has 0 unspecified atom stereocenters. The molecule has 0 aliphatic rings. The Kier molecular flexibility index (Phi) is 7.22. The minimum Gasteiger partial charge on any atom is -0.495 e. The zero-order valence-electron chi connectivity index (χ0n) is 21.5. The number of ether oxygens (including phenoxy) is 1. The van der Waals surface area contributed by atoms with E-state index in [0.29, 0.717) is 27.5 Å². The highest BCUT2D eigenvalue weighted by atomic mass is 32.2. The molecule has 0 fully saturated rings. The summed E-state index contributed by atoms with van der Waals surface area (Å²) in [6, 6.07) is 19.0. The van der Waals surface area contributed by atoms with Gasteiger partial charge < -0.3 is 10.1 Å². The third kappa shape index (κ3) is 5.31. The van der Waals surface area contributed by atoms with Gasteiger partial charge in [0.15, 0.2) is 5.16 Å². The zero-order chi connectivity index (χ0) is 26.0. The SMILES string of the molecule is COc1ccc(C(C)(C)C)cc1NC(=O)CSc1nc2ccccc2c(=O)n1-c1ccc(C)cc1C. The minimum atomic E-state index is -0.209. The largest absolute Gasteiger partial charge is 0.495 e. The smallest absolute Gasteiger partial charge is 0.266 e. The van der Waals surface area contributed by atoms with Crippen molar-refractivity contribution in [3.63, 3.8) is 0 Å². The van der Waals surface area contributed by atoms with Crippen LogP contribution in [-0.4, -0.2) is 28.3 Å². The number of para-hydroxylation sites is 1. The highest BCUT2D eigenvalue weighted by Crippen LogP contribution is 2.32. The van der Waals surface area contributed by atoms with E-state index >= 15 is 0 Å². The summed E-state index contributed by atoms with van der Waals surface area (Å²) < 4.78 is 7.07. The van der Waals surface area contributed by atoms with Gasteiger partial charge >= 0.3 is 0 Å². The Morgan fingerprint density at radius 3 is 2.50 bits per heavy atom. The summed E-state index contributed by atoms with van der Waals surface area (Å²) in [6.45, 7) is 10.3. The molecule has 0 bridgehead atoms. The number of aryl methyl sites for hydroxylation is 2. The molecular formula is C29H31N3O3S. The van der Waals surface area contributed by atoms with Crippen LogP contribution >= 0.6 is 11.8 Å². The number of carbonyl (C=O) groups excluding carboxylic acids is 1. The van der Waals surface area contributed by atoms with Crippen molar-refractivity contribution >= 4 is 34.3 Å². The number of thioether (sulfide) groups is 1. The lowest BCUT2D eigenvalue weighted by Crippen LogP contribution is -2.23. The van der Waals surface area contributed by atoms with Crippen LogP contribution in [0.5, 0.6) is 5.75 Å². The zero-order valence-corrected chi connectivity index (χ0v) is 22.3. The lowest BCUT2D eigenvalue weighted by molar-refractivity contribution is -0.113. The molecule has 0 saturated carbocycles. The first-order chi connectivity index (χ1) is 17.1. The van der Waals surface area contributed by atoms with Gasteiger partial charge in [-0.05, 0) is 60.7 Å². The maximum atomic E-state index is 13.5. The lowest BCUT2D eigenvalue weighted by Gasteiger charge is -2.21. The highest BCUT2D eigenvalue weighted by Gasteiger charge is 2.19. The topological polar surface area (TPSA) is 73.2 Å². The Labute approximate surface area is 215 Å². The van der Waals surface area contributed by atoms with Crippen LogP contribution in [0.2, 0.25) is 0 Å². The molecule has 6 nitrogen and oxygen atoms in total. The summed E-state index contributed by atoms with van der Waals surface area (Å²) in [4.78, 5) is 31.3. The standard InChI is InChI=1S/C29H31N3O3S/c1-18-11-13-24(19(2)15-18)32-27(34)21-9-7-8-10-22(21)31-28(32)36-17-26(33)30-23-16-20(29(3,4)5)12-14-25(23)35-6/h7-16H,17H2,1-6H3,(H,30,33). The van der Waals surface area contributed by atoms with Crippen molar-refractivity contribution in [1.29, 1.82) is 0 Å². The van der Waals surface area contributed by atoms with E-state index in [1.807, 2.05) is 68.4 Å². The van der Waals surface area contributed by atoms with E-state index in [2.05, 4.69) is 26.1 Å². The van der Waals surface area contributed by atoms with E-state index in [1.165, 1.54) is 11.8 Å². The molecule has 1 aromatic heterocycles. The number of rotatable bonds is 6. The minimum absolute atomic E-state index is 0.0719. The number of methoxy groups -OCH3 is 1. The molecule has 0 aliphatic heterocycles. The normalized spacial score (nSPS) is 11.5. The molecule has 4 rings (SSSR count). The molecule has 7 heteroatoms. The first-order valence-electron chi connectivity index (χ1n) is 11.8. The second kappa shape index (κ2) is 10.2. The summed E-state index contributed by atoms with van der Waals surface area (Å²) in [5.41, 5.74) is 4.91. The quantitative estimate of drug-likeness (QED) is 0.258. The summed E-state index contributed by atoms with van der Waals surface area (Å²) in [6.07, 6.45) is 0. The molecular weight excluding hydrogens is 470 g/mol. The predicted molar refractivity (Wildman–Crippen MR) is 148 cm³/mol. The second-order valence-corrected chi connectivity index (χ2v) is 10.8. The number of nitrogens with one attached hydrogen (secondary N) is 1. The molecule has 3 aromatic carbocycles. The fourth-order valence-electron chi connectivity index (χ4n) is 4.07. The Balaban J connectivity index is 1.67. The monoisotopic (exact) mass is 501 g/mol. The molecule has 1 heterocycles. The van der Waals surface area contributed by atoms with Gasteiger partial charge in [-0.3, -0.25) is 14.2 Å². The number of nitrogens with zero attached hydrogens (tertiary/aromatic N) is 2. The number of fused-ring (bicyclic) bond motifs is 1. The molecule has 1 amide bonds. The molecule has 0 radical (unpaired) electrons. The molecule has 186 valence electrons. The van der Waals surface area contributed by atoms with Crippen LogP contribution in [0.15, 0.2) is 70.6 Å². The van der Waals surface area contributed by atoms with Gasteiger partial charge in [0.05, 0.1) is 35.1 Å². The first kappa shape index (κ1) is 25.5. The third-order valence-electron chi connectivity index (χ3n) is 6.01. The number of hydrogen-bond acceptors (Lipinski definition) is 5. The predicted octanol–water partition coefficient (Wildman–Crippen LogP) is 6.04. The van der Waals surface area contributed by atoms with Crippen molar-refractivity contribution in [2.45, 2.75) is 45.2 Å². The lowest BCUT2D eigenvalue weighted by atomic mass is 9.87. The van der Waals surface area contributed by atoms with Crippen LogP contribution in [0.4, 0.5) is 5.69 Å².